The molecule has 5 nitrogen and oxygen atoms in total. The number of nitrogens with zero attached hydrogens (tertiary/aromatic N) is 1. The van der Waals surface area contributed by atoms with Crippen molar-refractivity contribution in [3.63, 3.8) is 0 Å². The third-order valence-electron chi connectivity index (χ3n) is 3.81. The Hall–Kier alpha value is -1.33. The van der Waals surface area contributed by atoms with Crippen molar-refractivity contribution in [2.24, 2.45) is 0 Å². The third-order valence-corrected chi connectivity index (χ3v) is 4.42. The van der Waals surface area contributed by atoms with Crippen LogP contribution in [0.2, 0.25) is 0 Å². The molecular weight excluding hydrogens is 404 g/mol. The van der Waals surface area contributed by atoms with Gasteiger partial charge < -0.3 is 26.2 Å². The van der Waals surface area contributed by atoms with Gasteiger partial charge in [0, 0.05) is 18.4 Å². The molecule has 0 aliphatic heterocycles. The Balaban J connectivity index is 0.00000576. The number of hydrogen-bond acceptors (Lipinski definition) is 3. The van der Waals surface area contributed by atoms with E-state index in [0.29, 0.717) is 23.3 Å². The second-order valence-electron chi connectivity index (χ2n) is 6.01. The van der Waals surface area contributed by atoms with Crippen LogP contribution in [0.1, 0.15) is 18.5 Å². The number of anilines is 1. The van der Waals surface area contributed by atoms with E-state index in [1.807, 2.05) is 31.2 Å². The summed E-state index contributed by atoms with van der Waals surface area (Å²) in [6.07, 6.45) is 3.01. The van der Waals surface area contributed by atoms with Crippen LogP contribution in [0, 0.1) is 11.8 Å². The molecule has 0 aliphatic rings. The van der Waals surface area contributed by atoms with Crippen LogP contribution in [0.25, 0.3) is 0 Å². The van der Waals surface area contributed by atoms with Gasteiger partial charge in [-0.1, -0.05) is 18.7 Å². The zero-order chi connectivity index (χ0) is 18.2. The van der Waals surface area contributed by atoms with Crippen molar-refractivity contribution in [3.8, 4) is 11.8 Å². The van der Waals surface area contributed by atoms with Gasteiger partial charge in [-0.25, -0.2) is 8.42 Å². The molecule has 1 aromatic carbocycles. The molecule has 0 saturated heterocycles. The summed E-state index contributed by atoms with van der Waals surface area (Å²) in [7, 11) is 0.449. The molecule has 2 unspecified atom stereocenters. The van der Waals surface area contributed by atoms with E-state index in [2.05, 4.69) is 30.2 Å². The fraction of sp³-hybridized carbons (Fsp3) is 0.444. The maximum Gasteiger partial charge on any atom is 0.229 e. The SMILES string of the molecule is C=CC[N+](C)(CC#CC)C(COC)c1cccc(NS(C)(=O)=O)c1.[Br-]. The molecule has 0 bridgehead atoms. The number of sulfonamides is 1. The molecule has 0 fully saturated rings. The van der Waals surface area contributed by atoms with Gasteiger partial charge in [-0.15, -0.1) is 5.92 Å². The van der Waals surface area contributed by atoms with Gasteiger partial charge in [0.05, 0.1) is 19.8 Å². The van der Waals surface area contributed by atoms with E-state index >= 15 is 0 Å². The first kappa shape index (κ1) is 23.7. The molecule has 1 rings (SSSR count). The molecule has 25 heavy (non-hydrogen) atoms. The maximum absolute atomic E-state index is 11.5. The molecule has 1 aromatic rings. The Bertz CT molecular complexity index is 725. The zero-order valence-electron chi connectivity index (χ0n) is 15.3. The van der Waals surface area contributed by atoms with Crippen molar-refractivity contribution < 1.29 is 34.6 Å². The minimum atomic E-state index is -3.32. The molecule has 7 heteroatoms. The fourth-order valence-corrected chi connectivity index (χ4v) is 3.23. The fourth-order valence-electron chi connectivity index (χ4n) is 2.67. The van der Waals surface area contributed by atoms with Gasteiger partial charge >= 0.3 is 0 Å². The smallest absolute Gasteiger partial charge is 0.229 e. The number of ether oxygens (including phenoxy) is 1. The van der Waals surface area contributed by atoms with Gasteiger partial charge in [-0.2, -0.15) is 0 Å². The third kappa shape index (κ3) is 7.61. The van der Waals surface area contributed by atoms with Crippen LogP contribution in [0.5, 0.6) is 0 Å². The summed E-state index contributed by atoms with van der Waals surface area (Å²) in [6.45, 7) is 7.56. The number of likely N-dealkylation sites (N-methyl/N-ethyl adjacent to an activating group) is 1. The molecule has 0 aromatic heterocycles. The quantitative estimate of drug-likeness (QED) is 0.323. The summed E-state index contributed by atoms with van der Waals surface area (Å²) in [4.78, 5) is 0. The van der Waals surface area contributed by atoms with Gasteiger partial charge in [0.25, 0.3) is 0 Å². The van der Waals surface area contributed by atoms with Crippen molar-refractivity contribution in [1.29, 1.82) is 0 Å². The lowest BCUT2D eigenvalue weighted by Gasteiger charge is -2.39. The average Bonchev–Trinajstić information content (AvgIpc) is 2.49. The Morgan fingerprint density at radius 1 is 1.44 bits per heavy atom. The van der Waals surface area contributed by atoms with E-state index in [1.165, 1.54) is 0 Å². The number of halogens is 1. The lowest BCUT2D eigenvalue weighted by atomic mass is 10.0. The minimum Gasteiger partial charge on any atom is -1.00 e. The van der Waals surface area contributed by atoms with Gasteiger partial charge in [-0.3, -0.25) is 4.72 Å². The van der Waals surface area contributed by atoms with Gasteiger partial charge in [0.15, 0.2) is 0 Å². The molecule has 0 radical (unpaired) electrons. The van der Waals surface area contributed by atoms with Gasteiger partial charge in [-0.05, 0) is 31.1 Å². The van der Waals surface area contributed by atoms with Crippen molar-refractivity contribution in [3.05, 3.63) is 42.5 Å². The highest BCUT2D eigenvalue weighted by molar-refractivity contribution is 7.92. The zero-order valence-corrected chi connectivity index (χ0v) is 17.7. The van der Waals surface area contributed by atoms with Crippen molar-refractivity contribution >= 4 is 15.7 Å². The normalized spacial score (nSPS) is 14.2. The maximum atomic E-state index is 11.5. The standard InChI is InChI=1S/C18H27N2O3S.BrH/c1-6-8-13-20(3,12-7-2)18(15-23-4)16-10-9-11-17(14-16)19-24(5,21)22;/h7,9-11,14,18-19H,2,12-13,15H2,1,3-5H3;1H/q+1;/p-1. The second-order valence-corrected chi connectivity index (χ2v) is 7.75. The topological polar surface area (TPSA) is 55.4 Å². The Labute approximate surface area is 162 Å². The van der Waals surface area contributed by atoms with E-state index in [1.54, 1.807) is 13.2 Å². The molecule has 0 amide bonds. The van der Waals surface area contributed by atoms with Crippen molar-refractivity contribution in [1.82, 2.24) is 0 Å². The van der Waals surface area contributed by atoms with Crippen LogP contribution in [0.3, 0.4) is 0 Å². The molecule has 0 heterocycles. The highest BCUT2D eigenvalue weighted by Gasteiger charge is 2.32. The largest absolute Gasteiger partial charge is 1.00 e. The molecule has 140 valence electrons. The van der Waals surface area contributed by atoms with E-state index in [9.17, 15) is 8.42 Å². The van der Waals surface area contributed by atoms with Crippen LogP contribution in [-0.4, -0.2) is 53.0 Å². The first-order valence-electron chi connectivity index (χ1n) is 7.67. The Morgan fingerprint density at radius 2 is 2.12 bits per heavy atom. The summed E-state index contributed by atoms with van der Waals surface area (Å²) >= 11 is 0. The predicted octanol–water partition coefficient (Wildman–Crippen LogP) is -0.594. The number of nitrogens with one attached hydrogen (secondary N) is 1. The predicted molar refractivity (Wildman–Crippen MR) is 99.1 cm³/mol. The number of quaternary nitrogens is 1. The van der Waals surface area contributed by atoms with Gasteiger partial charge in [0.1, 0.15) is 19.2 Å². The molecule has 0 spiro atoms. The van der Waals surface area contributed by atoms with E-state index in [4.69, 9.17) is 4.74 Å². The van der Waals surface area contributed by atoms with Crippen molar-refractivity contribution in [2.45, 2.75) is 13.0 Å². The van der Waals surface area contributed by atoms with E-state index < -0.39 is 10.0 Å². The number of benzene rings is 1. The Morgan fingerprint density at radius 3 is 2.64 bits per heavy atom. The molecule has 0 saturated carbocycles. The van der Waals surface area contributed by atoms with Crippen LogP contribution in [0.15, 0.2) is 36.9 Å². The highest BCUT2D eigenvalue weighted by atomic mass is 79.9. The van der Waals surface area contributed by atoms with Crippen molar-refractivity contribution in [2.75, 3.05) is 44.8 Å². The van der Waals surface area contributed by atoms with E-state index in [0.717, 1.165) is 18.4 Å². The lowest BCUT2D eigenvalue weighted by molar-refractivity contribution is -0.928. The minimum absolute atomic E-state index is 0. The molecule has 0 aliphatic carbocycles. The molecule has 2 atom stereocenters. The number of methoxy groups -OCH3 is 1. The van der Waals surface area contributed by atoms with Crippen LogP contribution >= 0.6 is 0 Å². The highest BCUT2D eigenvalue weighted by Crippen LogP contribution is 2.29. The number of hydrogen-bond donors (Lipinski definition) is 1. The monoisotopic (exact) mass is 430 g/mol. The van der Waals surface area contributed by atoms with Gasteiger partial charge in [0.2, 0.25) is 10.0 Å². The summed E-state index contributed by atoms with van der Waals surface area (Å²) in [5.74, 6) is 6.08. The lowest BCUT2D eigenvalue weighted by Crippen LogP contribution is -3.00. The first-order valence-corrected chi connectivity index (χ1v) is 9.56. The Kier molecular flexibility index (Phi) is 10.0. The summed E-state index contributed by atoms with van der Waals surface area (Å²) < 4.78 is 31.5. The second kappa shape index (κ2) is 10.6. The summed E-state index contributed by atoms with van der Waals surface area (Å²) in [5.41, 5.74) is 1.54. The van der Waals surface area contributed by atoms with Crippen LogP contribution in [0.4, 0.5) is 5.69 Å². The van der Waals surface area contributed by atoms with Crippen LogP contribution in [-0.2, 0) is 14.8 Å². The summed E-state index contributed by atoms with van der Waals surface area (Å²) in [5, 5.41) is 0. The molecule has 1 N–H and O–H groups in total. The number of rotatable bonds is 9. The average molecular weight is 431 g/mol. The van der Waals surface area contributed by atoms with E-state index in [-0.39, 0.29) is 23.0 Å². The summed E-state index contributed by atoms with van der Waals surface area (Å²) in [6, 6.07) is 7.42. The molecular formula is C18H27BrN2O3S. The first-order chi connectivity index (χ1) is 11.3. The van der Waals surface area contributed by atoms with Crippen LogP contribution < -0.4 is 21.7 Å².